The van der Waals surface area contributed by atoms with Crippen LogP contribution < -0.4 is 0 Å². The first-order valence-electron chi connectivity index (χ1n) is 20.2. The Morgan fingerprint density at radius 1 is 0.592 bits per heavy atom. The third-order valence-electron chi connectivity index (χ3n) is 9.16. The Labute approximate surface area is 301 Å². The summed E-state index contributed by atoms with van der Waals surface area (Å²) in [7, 11) is 5.52. The van der Waals surface area contributed by atoms with Crippen LogP contribution >= 0.6 is 0 Å². The van der Waals surface area contributed by atoms with Crippen molar-refractivity contribution in [1.29, 1.82) is 0 Å². The molecule has 49 heavy (non-hydrogen) atoms. The molecule has 0 fully saturated rings. The average molecular weight is 697 g/mol. The summed E-state index contributed by atoms with van der Waals surface area (Å²) < 4.78 is 17.1. The number of likely N-dealkylation sites (N-methyl/N-ethyl adjacent to an activating group) is 1. The molecule has 0 rings (SSSR count). The number of esters is 2. The lowest BCUT2D eigenvalue weighted by atomic mass is 10.1. The van der Waals surface area contributed by atoms with E-state index >= 15 is 0 Å². The minimum absolute atomic E-state index is 0.0480. The number of rotatable bonds is 36. The Morgan fingerprint density at radius 3 is 1.47 bits per heavy atom. The van der Waals surface area contributed by atoms with E-state index in [1.54, 1.807) is 0 Å². The highest BCUT2D eigenvalue weighted by Gasteiger charge is 2.31. The topological polar surface area (TPSA) is 99.1 Å². The van der Waals surface area contributed by atoms with Gasteiger partial charge in [0.15, 0.2) is 12.1 Å². The summed E-state index contributed by atoms with van der Waals surface area (Å²) in [5.41, 5.74) is 0. The number of hydrogen-bond acceptors (Lipinski definition) is 6. The van der Waals surface area contributed by atoms with Gasteiger partial charge >= 0.3 is 17.9 Å². The van der Waals surface area contributed by atoms with Gasteiger partial charge in [-0.2, -0.15) is 0 Å². The number of quaternary nitrogens is 1. The molecule has 2 unspecified atom stereocenters. The van der Waals surface area contributed by atoms with E-state index in [1.807, 2.05) is 21.1 Å². The molecule has 0 aromatic heterocycles. The van der Waals surface area contributed by atoms with Crippen LogP contribution in [0, 0.1) is 0 Å². The first-order chi connectivity index (χ1) is 23.6. The minimum Gasteiger partial charge on any atom is -0.477 e. The van der Waals surface area contributed by atoms with Crippen LogP contribution in [0.1, 0.15) is 181 Å². The molecule has 0 radical (unpaired) electrons. The molecular weight excluding hydrogens is 618 g/mol. The number of carboxylic acid groups (broad SMARTS) is 1. The fourth-order valence-corrected chi connectivity index (χ4v) is 5.97. The molecule has 288 valence electrons. The number of nitrogens with zero attached hydrogens (tertiary/aromatic N) is 1. The molecule has 0 saturated carbocycles. The van der Waals surface area contributed by atoms with Gasteiger partial charge in [-0.15, -0.1) is 0 Å². The molecule has 0 aromatic rings. The molecule has 8 heteroatoms. The number of hydrogen-bond donors (Lipinski definition) is 1. The fourth-order valence-electron chi connectivity index (χ4n) is 5.97. The molecule has 0 heterocycles. The van der Waals surface area contributed by atoms with E-state index in [4.69, 9.17) is 14.2 Å². The van der Waals surface area contributed by atoms with Crippen LogP contribution in [0.25, 0.3) is 0 Å². The van der Waals surface area contributed by atoms with Crippen molar-refractivity contribution in [1.82, 2.24) is 0 Å². The van der Waals surface area contributed by atoms with Crippen molar-refractivity contribution in [3.05, 3.63) is 12.2 Å². The molecule has 0 saturated heterocycles. The van der Waals surface area contributed by atoms with Crippen molar-refractivity contribution in [2.75, 3.05) is 41.0 Å². The molecular formula is C41H78NO7+. The van der Waals surface area contributed by atoms with E-state index in [0.717, 1.165) is 38.5 Å². The number of carbonyl (C=O) groups is 3. The number of unbranched alkanes of at least 4 members (excludes halogenated alkanes) is 20. The molecule has 0 aromatic carbocycles. The Bertz CT molecular complexity index is 823. The molecule has 0 aliphatic rings. The van der Waals surface area contributed by atoms with E-state index in [-0.39, 0.29) is 36.2 Å². The van der Waals surface area contributed by atoms with E-state index in [2.05, 4.69) is 26.0 Å². The number of carboxylic acids is 1. The predicted molar refractivity (Wildman–Crippen MR) is 202 cm³/mol. The molecule has 0 amide bonds. The van der Waals surface area contributed by atoms with E-state index in [9.17, 15) is 19.5 Å². The largest absolute Gasteiger partial charge is 0.477 e. The Balaban J connectivity index is 4.22. The van der Waals surface area contributed by atoms with Crippen LogP contribution in [0.4, 0.5) is 0 Å². The second-order valence-electron chi connectivity index (χ2n) is 14.9. The standard InChI is InChI=1S/C41H77NO7/c1-6-8-10-12-14-15-16-17-18-19-20-21-22-23-24-25-26-28-30-32-40(44)49-37(35-47-34-33-38(41(45)46)42(3,4)5)36-48-39(43)31-29-27-13-11-9-7-2/h17-18,37-38H,6-16,19-36H2,1-5H3/p+1/b18-17-. The normalized spacial score (nSPS) is 13.1. The Kier molecular flexibility index (Phi) is 31.9. The maximum Gasteiger partial charge on any atom is 0.362 e. The Morgan fingerprint density at radius 2 is 1.02 bits per heavy atom. The van der Waals surface area contributed by atoms with Crippen LogP contribution in [-0.4, -0.2) is 80.6 Å². The fraction of sp³-hybridized carbons (Fsp3) is 0.878. The number of ether oxygens (including phenoxy) is 3. The molecule has 1 N–H and O–H groups in total. The quantitative estimate of drug-likeness (QED) is 0.0301. The van der Waals surface area contributed by atoms with Crippen molar-refractivity contribution >= 4 is 17.9 Å². The summed E-state index contributed by atoms with van der Waals surface area (Å²) in [6.45, 7) is 4.67. The van der Waals surface area contributed by atoms with Crippen molar-refractivity contribution in [2.24, 2.45) is 0 Å². The van der Waals surface area contributed by atoms with E-state index in [1.165, 1.54) is 109 Å². The van der Waals surface area contributed by atoms with Gasteiger partial charge in [0.1, 0.15) is 6.61 Å². The van der Waals surface area contributed by atoms with Gasteiger partial charge in [0.25, 0.3) is 0 Å². The molecule has 0 spiro atoms. The lowest BCUT2D eigenvalue weighted by Gasteiger charge is -2.31. The average Bonchev–Trinajstić information content (AvgIpc) is 3.05. The predicted octanol–water partition coefficient (Wildman–Crippen LogP) is 10.4. The van der Waals surface area contributed by atoms with Gasteiger partial charge in [-0.3, -0.25) is 9.59 Å². The van der Waals surface area contributed by atoms with Crippen molar-refractivity contribution < 1.29 is 38.2 Å². The first kappa shape index (κ1) is 47.1. The number of aliphatic carboxylic acids is 1. The monoisotopic (exact) mass is 697 g/mol. The maximum absolute atomic E-state index is 12.6. The van der Waals surface area contributed by atoms with Gasteiger partial charge in [0.05, 0.1) is 34.4 Å². The second kappa shape index (κ2) is 33.2. The highest BCUT2D eigenvalue weighted by atomic mass is 16.6. The van der Waals surface area contributed by atoms with Crippen LogP contribution in [0.2, 0.25) is 0 Å². The zero-order valence-corrected chi connectivity index (χ0v) is 32.7. The lowest BCUT2D eigenvalue weighted by Crippen LogP contribution is -2.50. The van der Waals surface area contributed by atoms with E-state index < -0.39 is 18.1 Å². The molecule has 0 bridgehead atoms. The van der Waals surface area contributed by atoms with Gasteiger partial charge in [-0.1, -0.05) is 135 Å². The van der Waals surface area contributed by atoms with Gasteiger partial charge in [-0.05, 0) is 38.5 Å². The Hall–Kier alpha value is -1.93. The third-order valence-corrected chi connectivity index (χ3v) is 9.16. The van der Waals surface area contributed by atoms with Crippen LogP contribution in [0.3, 0.4) is 0 Å². The van der Waals surface area contributed by atoms with Gasteiger partial charge < -0.3 is 23.8 Å². The second-order valence-corrected chi connectivity index (χ2v) is 14.9. The molecule has 0 aliphatic heterocycles. The van der Waals surface area contributed by atoms with Crippen molar-refractivity contribution in [2.45, 2.75) is 193 Å². The van der Waals surface area contributed by atoms with Crippen LogP contribution in [0.5, 0.6) is 0 Å². The summed E-state index contributed by atoms with van der Waals surface area (Å²) in [5.74, 6) is -1.47. The minimum atomic E-state index is -0.875. The van der Waals surface area contributed by atoms with Gasteiger partial charge in [0, 0.05) is 19.3 Å². The summed E-state index contributed by atoms with van der Waals surface area (Å²) in [4.78, 5) is 36.6. The van der Waals surface area contributed by atoms with Crippen molar-refractivity contribution in [3.8, 4) is 0 Å². The number of allylic oxidation sites excluding steroid dienone is 2. The van der Waals surface area contributed by atoms with Crippen molar-refractivity contribution in [3.63, 3.8) is 0 Å². The third kappa shape index (κ3) is 31.8. The SMILES string of the molecule is CCCCCCCC/C=C\CCCCCCCCCCCC(=O)OC(COCCC(C(=O)O)[N+](C)(C)C)COC(=O)CCCCCCCC. The zero-order chi connectivity index (χ0) is 36.4. The van der Waals surface area contributed by atoms with Gasteiger partial charge in [0.2, 0.25) is 0 Å². The summed E-state index contributed by atoms with van der Waals surface area (Å²) >= 11 is 0. The zero-order valence-electron chi connectivity index (χ0n) is 32.7. The van der Waals surface area contributed by atoms with Crippen LogP contribution in [0.15, 0.2) is 12.2 Å². The van der Waals surface area contributed by atoms with Gasteiger partial charge in [-0.25, -0.2) is 4.79 Å². The maximum atomic E-state index is 12.6. The summed E-state index contributed by atoms with van der Waals surface area (Å²) in [5, 5.41) is 9.56. The van der Waals surface area contributed by atoms with Crippen LogP contribution in [-0.2, 0) is 28.6 Å². The number of carbonyl (C=O) groups excluding carboxylic acids is 2. The molecule has 2 atom stereocenters. The van der Waals surface area contributed by atoms with E-state index in [0.29, 0.717) is 19.3 Å². The lowest BCUT2D eigenvalue weighted by molar-refractivity contribution is -0.887. The molecule has 8 nitrogen and oxygen atoms in total. The summed E-state index contributed by atoms with van der Waals surface area (Å²) in [6.07, 6.45) is 32.7. The highest BCUT2D eigenvalue weighted by molar-refractivity contribution is 5.72. The highest BCUT2D eigenvalue weighted by Crippen LogP contribution is 2.14. The first-order valence-corrected chi connectivity index (χ1v) is 20.2. The smallest absolute Gasteiger partial charge is 0.362 e. The molecule has 0 aliphatic carbocycles. The summed E-state index contributed by atoms with van der Waals surface area (Å²) in [6, 6.07) is -0.608.